The fraction of sp³-hybridized carbons (Fsp3) is 0.273. The van der Waals surface area contributed by atoms with Gasteiger partial charge in [0, 0.05) is 17.9 Å². The van der Waals surface area contributed by atoms with Crippen LogP contribution in [0, 0.1) is 11.3 Å². The van der Waals surface area contributed by atoms with Gasteiger partial charge in [-0.1, -0.05) is 31.2 Å². The van der Waals surface area contributed by atoms with Crippen molar-refractivity contribution in [2.75, 3.05) is 11.9 Å². The molecule has 1 amide bonds. The first-order chi connectivity index (χ1) is 14.0. The van der Waals surface area contributed by atoms with Gasteiger partial charge in [-0.25, -0.2) is 5.48 Å². The topological polar surface area (TPSA) is 95.4 Å². The normalized spacial score (nSPS) is 17.8. The first-order valence-electron chi connectivity index (χ1n) is 9.43. The van der Waals surface area contributed by atoms with Gasteiger partial charge in [-0.15, -0.1) is 0 Å². The maximum atomic E-state index is 12.6. The number of hydroxylamine groups is 2. The van der Waals surface area contributed by atoms with Gasteiger partial charge in [-0.2, -0.15) is 5.26 Å². The van der Waals surface area contributed by atoms with Gasteiger partial charge in [0.25, 0.3) is 5.91 Å². The molecule has 1 aliphatic heterocycles. The number of anilines is 1. The zero-order valence-electron chi connectivity index (χ0n) is 16.5. The number of hydrogen-bond donors (Lipinski definition) is 3. The Hall–Kier alpha value is -3.34. The van der Waals surface area contributed by atoms with Crippen LogP contribution in [0.4, 0.5) is 5.69 Å². The number of nitrogens with zero attached hydrogens (tertiary/aromatic N) is 1. The van der Waals surface area contributed by atoms with Crippen molar-refractivity contribution in [2.24, 2.45) is 0 Å². The SMILES string of the molecule is CCC1=CC(C)(CNc2ccccc2C(=O)NOCc2ccc(C#N)cc2)ON1. The number of hydrogen-bond acceptors (Lipinski definition) is 6. The smallest absolute Gasteiger partial charge is 0.276 e. The zero-order chi connectivity index (χ0) is 20.7. The highest BCUT2D eigenvalue weighted by Crippen LogP contribution is 2.23. The van der Waals surface area contributed by atoms with Crippen LogP contribution >= 0.6 is 0 Å². The van der Waals surface area contributed by atoms with Gasteiger partial charge in [-0.05, 0) is 49.2 Å². The Bertz CT molecular complexity index is 934. The number of allylic oxidation sites excluding steroid dienone is 1. The zero-order valence-corrected chi connectivity index (χ0v) is 16.5. The lowest BCUT2D eigenvalue weighted by Crippen LogP contribution is -2.34. The number of benzene rings is 2. The highest BCUT2D eigenvalue weighted by molar-refractivity contribution is 5.99. The van der Waals surface area contributed by atoms with Crippen LogP contribution in [0.2, 0.25) is 0 Å². The number of carbonyl (C=O) groups is 1. The third-order valence-electron chi connectivity index (χ3n) is 4.56. The molecule has 0 saturated carbocycles. The Labute approximate surface area is 170 Å². The average Bonchev–Trinajstić information content (AvgIpc) is 3.14. The quantitative estimate of drug-likeness (QED) is 0.596. The number of nitrogens with one attached hydrogen (secondary N) is 3. The summed E-state index contributed by atoms with van der Waals surface area (Å²) in [4.78, 5) is 23.5. The minimum absolute atomic E-state index is 0.204. The van der Waals surface area contributed by atoms with Crippen LogP contribution in [0.1, 0.15) is 41.8 Å². The van der Waals surface area contributed by atoms with E-state index in [9.17, 15) is 4.79 Å². The predicted molar refractivity (Wildman–Crippen MR) is 109 cm³/mol. The van der Waals surface area contributed by atoms with Crippen molar-refractivity contribution in [3.05, 3.63) is 77.0 Å². The largest absolute Gasteiger partial charge is 0.381 e. The lowest BCUT2D eigenvalue weighted by atomic mass is 10.0. The molecule has 7 heteroatoms. The number of amides is 1. The summed E-state index contributed by atoms with van der Waals surface area (Å²) in [6.07, 6.45) is 2.91. The molecule has 1 atom stereocenters. The minimum Gasteiger partial charge on any atom is -0.381 e. The maximum Gasteiger partial charge on any atom is 0.276 e. The molecule has 1 heterocycles. The van der Waals surface area contributed by atoms with E-state index in [2.05, 4.69) is 29.3 Å². The summed E-state index contributed by atoms with van der Waals surface area (Å²) in [6, 6.07) is 16.3. The molecule has 2 aromatic carbocycles. The van der Waals surface area contributed by atoms with E-state index < -0.39 is 5.60 Å². The van der Waals surface area contributed by atoms with E-state index in [1.165, 1.54) is 0 Å². The lowest BCUT2D eigenvalue weighted by Gasteiger charge is -2.22. The summed E-state index contributed by atoms with van der Waals surface area (Å²) in [7, 11) is 0. The molecule has 3 rings (SSSR count). The summed E-state index contributed by atoms with van der Waals surface area (Å²) in [5.74, 6) is -0.345. The molecule has 0 spiro atoms. The van der Waals surface area contributed by atoms with Crippen LogP contribution in [0.15, 0.2) is 60.3 Å². The van der Waals surface area contributed by atoms with Crippen LogP contribution in [-0.4, -0.2) is 18.1 Å². The van der Waals surface area contributed by atoms with Gasteiger partial charge in [0.1, 0.15) is 5.60 Å². The van der Waals surface area contributed by atoms with E-state index >= 15 is 0 Å². The molecule has 1 aliphatic rings. The van der Waals surface area contributed by atoms with E-state index in [0.717, 1.165) is 17.7 Å². The molecule has 29 heavy (non-hydrogen) atoms. The van der Waals surface area contributed by atoms with Crippen molar-refractivity contribution in [3.8, 4) is 6.07 Å². The van der Waals surface area contributed by atoms with E-state index in [1.807, 2.05) is 25.1 Å². The molecule has 0 aliphatic carbocycles. The molecule has 0 fully saturated rings. The van der Waals surface area contributed by atoms with Gasteiger partial charge < -0.3 is 5.32 Å². The van der Waals surface area contributed by atoms with Crippen molar-refractivity contribution in [1.29, 1.82) is 5.26 Å². The van der Waals surface area contributed by atoms with E-state index in [0.29, 0.717) is 23.4 Å². The molecule has 0 bridgehead atoms. The van der Waals surface area contributed by atoms with Crippen molar-refractivity contribution in [2.45, 2.75) is 32.5 Å². The van der Waals surface area contributed by atoms with Crippen LogP contribution in [0.25, 0.3) is 0 Å². The lowest BCUT2D eigenvalue weighted by molar-refractivity contribution is -0.0195. The molecule has 3 N–H and O–H groups in total. The van der Waals surface area contributed by atoms with Crippen molar-refractivity contribution in [1.82, 2.24) is 11.0 Å². The van der Waals surface area contributed by atoms with Gasteiger partial charge in [0.15, 0.2) is 0 Å². The Balaban J connectivity index is 1.57. The van der Waals surface area contributed by atoms with Crippen molar-refractivity contribution >= 4 is 11.6 Å². The molecule has 0 radical (unpaired) electrons. The van der Waals surface area contributed by atoms with E-state index in [1.54, 1.807) is 36.4 Å². The van der Waals surface area contributed by atoms with Gasteiger partial charge in [0.05, 0.1) is 23.8 Å². The molecular formula is C22H24N4O3. The van der Waals surface area contributed by atoms with Crippen LogP contribution in [0.3, 0.4) is 0 Å². The van der Waals surface area contributed by atoms with E-state index in [4.69, 9.17) is 14.9 Å². The molecule has 0 aromatic heterocycles. The Kier molecular flexibility index (Phi) is 6.50. The van der Waals surface area contributed by atoms with Crippen molar-refractivity contribution < 1.29 is 14.5 Å². The second-order valence-corrected chi connectivity index (χ2v) is 6.97. The molecule has 7 nitrogen and oxygen atoms in total. The molecule has 2 aromatic rings. The van der Waals surface area contributed by atoms with Crippen LogP contribution in [-0.2, 0) is 16.3 Å². The molecular weight excluding hydrogens is 368 g/mol. The second kappa shape index (κ2) is 9.24. The number of para-hydroxylation sites is 1. The van der Waals surface area contributed by atoms with Gasteiger partial charge in [0.2, 0.25) is 0 Å². The molecule has 1 unspecified atom stereocenters. The third-order valence-corrected chi connectivity index (χ3v) is 4.56. The Morgan fingerprint density at radius 2 is 2.00 bits per heavy atom. The first-order valence-corrected chi connectivity index (χ1v) is 9.43. The Morgan fingerprint density at radius 1 is 1.24 bits per heavy atom. The van der Waals surface area contributed by atoms with Gasteiger partial charge >= 0.3 is 0 Å². The average molecular weight is 392 g/mol. The second-order valence-electron chi connectivity index (χ2n) is 6.97. The predicted octanol–water partition coefficient (Wildman–Crippen LogP) is 3.42. The Morgan fingerprint density at radius 3 is 2.69 bits per heavy atom. The van der Waals surface area contributed by atoms with E-state index in [-0.39, 0.29) is 12.5 Å². The van der Waals surface area contributed by atoms with Gasteiger partial charge in [-0.3, -0.25) is 19.9 Å². The third kappa shape index (κ3) is 5.35. The first kappa shape index (κ1) is 20.4. The summed E-state index contributed by atoms with van der Waals surface area (Å²) < 4.78 is 0. The summed E-state index contributed by atoms with van der Waals surface area (Å²) in [6.45, 7) is 4.73. The molecule has 150 valence electrons. The van der Waals surface area contributed by atoms with Crippen molar-refractivity contribution in [3.63, 3.8) is 0 Å². The number of rotatable bonds is 8. The summed E-state index contributed by atoms with van der Waals surface area (Å²) >= 11 is 0. The fourth-order valence-electron chi connectivity index (χ4n) is 2.89. The maximum absolute atomic E-state index is 12.6. The van der Waals surface area contributed by atoms with Crippen LogP contribution in [0.5, 0.6) is 0 Å². The minimum atomic E-state index is -0.499. The highest BCUT2D eigenvalue weighted by atomic mass is 16.7. The fourth-order valence-corrected chi connectivity index (χ4v) is 2.89. The van der Waals surface area contributed by atoms with Crippen LogP contribution < -0.4 is 16.3 Å². The molecule has 0 saturated heterocycles. The standard InChI is InChI=1S/C22H24N4O3/c1-3-18-12-22(2,29-25-18)15-24-20-7-5-4-6-19(20)21(27)26-28-14-17-10-8-16(13-23)9-11-17/h4-12,24-25H,3,14-15H2,1-2H3,(H,26,27). The summed E-state index contributed by atoms with van der Waals surface area (Å²) in [5.41, 5.74) is 8.53. The number of nitriles is 1. The summed E-state index contributed by atoms with van der Waals surface area (Å²) in [5, 5.41) is 12.1. The number of carbonyl (C=O) groups excluding carboxylic acids is 1. The monoisotopic (exact) mass is 392 g/mol. The highest BCUT2D eigenvalue weighted by Gasteiger charge is 2.29.